The Balaban J connectivity index is 1.86. The summed E-state index contributed by atoms with van der Waals surface area (Å²) in [6.07, 6.45) is 3.09. The maximum atomic E-state index is 11.0. The number of rotatable bonds is 4. The zero-order chi connectivity index (χ0) is 20.5. The average molecular weight is 465 g/mol. The zero-order valence-corrected chi connectivity index (χ0v) is 17.7. The quantitative estimate of drug-likeness (QED) is 0.336. The summed E-state index contributed by atoms with van der Waals surface area (Å²) < 4.78 is 0. The van der Waals surface area contributed by atoms with Crippen molar-refractivity contribution >= 4 is 63.1 Å². The molecule has 2 aromatic carbocycles. The third-order valence-corrected chi connectivity index (χ3v) is 5.92. The van der Waals surface area contributed by atoms with E-state index in [-0.39, 0.29) is 5.75 Å². The largest absolute Gasteiger partial charge is 0.505 e. The summed E-state index contributed by atoms with van der Waals surface area (Å²) in [5.41, 5.74) is 1.87. The molecule has 2 N–H and O–H groups in total. The average Bonchev–Trinajstić information content (AvgIpc) is 2.72. The molecule has 0 fully saturated rings. The number of fused-ring (bicyclic) bond motifs is 1. The van der Waals surface area contributed by atoms with Gasteiger partial charge in [-0.1, -0.05) is 70.7 Å². The lowest BCUT2D eigenvalue weighted by atomic mass is 9.96. The van der Waals surface area contributed by atoms with Gasteiger partial charge in [0.25, 0.3) is 0 Å². The van der Waals surface area contributed by atoms with Crippen LogP contribution in [0, 0.1) is 0 Å². The number of nitrogens with zero attached hydrogens (tertiary/aromatic N) is 2. The molecule has 0 bridgehead atoms. The SMILES string of the molecule is Oc1c(C(Nc2cc(Cl)c(Cl)cn2)c2ccc(Cl)c(Cl)c2)ccc2cccnc12. The first-order valence-electron chi connectivity index (χ1n) is 8.53. The van der Waals surface area contributed by atoms with E-state index < -0.39 is 6.04 Å². The lowest BCUT2D eigenvalue weighted by Gasteiger charge is -2.22. The van der Waals surface area contributed by atoms with Crippen molar-refractivity contribution in [3.8, 4) is 5.75 Å². The molecule has 146 valence electrons. The van der Waals surface area contributed by atoms with Crippen LogP contribution in [0.5, 0.6) is 5.75 Å². The second-order valence-corrected chi connectivity index (χ2v) is 7.94. The monoisotopic (exact) mass is 463 g/mol. The van der Waals surface area contributed by atoms with Gasteiger partial charge in [0.2, 0.25) is 0 Å². The zero-order valence-electron chi connectivity index (χ0n) is 14.7. The molecule has 2 aromatic heterocycles. The van der Waals surface area contributed by atoms with Crippen molar-refractivity contribution in [3.63, 3.8) is 0 Å². The minimum absolute atomic E-state index is 0.0618. The van der Waals surface area contributed by atoms with Crippen molar-refractivity contribution in [2.45, 2.75) is 6.04 Å². The van der Waals surface area contributed by atoms with E-state index in [4.69, 9.17) is 46.4 Å². The number of phenols is 1. The minimum Gasteiger partial charge on any atom is -0.505 e. The van der Waals surface area contributed by atoms with E-state index in [0.29, 0.717) is 37.0 Å². The van der Waals surface area contributed by atoms with Gasteiger partial charge in [-0.25, -0.2) is 4.98 Å². The molecule has 0 radical (unpaired) electrons. The summed E-state index contributed by atoms with van der Waals surface area (Å²) in [7, 11) is 0. The second kappa shape index (κ2) is 8.25. The van der Waals surface area contributed by atoms with Gasteiger partial charge in [0.1, 0.15) is 17.1 Å². The number of halogens is 4. The molecule has 1 atom stereocenters. The predicted octanol–water partition coefficient (Wildman–Crippen LogP) is 7.15. The number of phenolic OH excluding ortho intramolecular Hbond substituents is 1. The number of aromatic nitrogens is 2. The molecule has 0 amide bonds. The first kappa shape index (κ1) is 20.0. The minimum atomic E-state index is -0.499. The summed E-state index contributed by atoms with van der Waals surface area (Å²) in [5.74, 6) is 0.544. The number of benzene rings is 2. The normalized spacial score (nSPS) is 12.1. The van der Waals surface area contributed by atoms with Crippen molar-refractivity contribution in [1.29, 1.82) is 0 Å². The maximum Gasteiger partial charge on any atom is 0.147 e. The predicted molar refractivity (Wildman–Crippen MR) is 120 cm³/mol. The van der Waals surface area contributed by atoms with Crippen LogP contribution in [0.2, 0.25) is 20.1 Å². The number of anilines is 1. The van der Waals surface area contributed by atoms with Crippen molar-refractivity contribution in [1.82, 2.24) is 9.97 Å². The number of aromatic hydroxyl groups is 1. The molecule has 8 heteroatoms. The fourth-order valence-electron chi connectivity index (χ4n) is 3.05. The van der Waals surface area contributed by atoms with Crippen LogP contribution in [0.4, 0.5) is 5.82 Å². The Morgan fingerprint density at radius 1 is 0.828 bits per heavy atom. The standard InChI is InChI=1S/C21H13Cl4N3O/c22-14-6-4-12(8-15(14)23)19(28-18-9-16(24)17(25)10-27-18)13-5-3-11-2-1-7-26-20(11)21(13)29/h1-10,19,29H,(H,27,28). The van der Waals surface area contributed by atoms with E-state index in [1.165, 1.54) is 6.20 Å². The second-order valence-electron chi connectivity index (χ2n) is 6.31. The molecule has 0 saturated carbocycles. The first-order chi connectivity index (χ1) is 13.9. The van der Waals surface area contributed by atoms with Crippen LogP contribution in [0.25, 0.3) is 10.9 Å². The molecular weight excluding hydrogens is 452 g/mol. The molecule has 0 saturated heterocycles. The fraction of sp³-hybridized carbons (Fsp3) is 0.0476. The van der Waals surface area contributed by atoms with Crippen molar-refractivity contribution in [2.75, 3.05) is 5.32 Å². The van der Waals surface area contributed by atoms with Gasteiger partial charge in [0.15, 0.2) is 0 Å². The smallest absolute Gasteiger partial charge is 0.147 e. The number of nitrogens with one attached hydrogen (secondary N) is 1. The summed E-state index contributed by atoms with van der Waals surface area (Å²) >= 11 is 24.4. The van der Waals surface area contributed by atoms with E-state index in [1.54, 1.807) is 24.4 Å². The van der Waals surface area contributed by atoms with Gasteiger partial charge in [-0.2, -0.15) is 0 Å². The highest BCUT2D eigenvalue weighted by Gasteiger charge is 2.21. The van der Waals surface area contributed by atoms with Gasteiger partial charge >= 0.3 is 0 Å². The van der Waals surface area contributed by atoms with E-state index in [2.05, 4.69) is 15.3 Å². The molecule has 4 aromatic rings. The van der Waals surface area contributed by atoms with Crippen molar-refractivity contribution in [2.24, 2.45) is 0 Å². The Morgan fingerprint density at radius 3 is 2.38 bits per heavy atom. The van der Waals surface area contributed by atoms with Gasteiger partial charge in [0, 0.05) is 29.4 Å². The molecule has 0 aliphatic carbocycles. The maximum absolute atomic E-state index is 11.0. The van der Waals surface area contributed by atoms with Gasteiger partial charge in [-0.05, 0) is 23.8 Å². The molecule has 0 aliphatic heterocycles. The van der Waals surface area contributed by atoms with E-state index >= 15 is 0 Å². The molecule has 0 aliphatic rings. The van der Waals surface area contributed by atoms with Crippen LogP contribution in [-0.4, -0.2) is 15.1 Å². The molecule has 4 rings (SSSR count). The van der Waals surface area contributed by atoms with E-state index in [0.717, 1.165) is 10.9 Å². The summed E-state index contributed by atoms with van der Waals surface area (Å²) in [4.78, 5) is 8.58. The van der Waals surface area contributed by atoms with Gasteiger partial charge in [0.05, 0.1) is 26.1 Å². The lowest BCUT2D eigenvalue weighted by molar-refractivity contribution is 0.471. The Morgan fingerprint density at radius 2 is 1.62 bits per heavy atom. The fourth-order valence-corrected chi connectivity index (χ4v) is 3.61. The first-order valence-corrected chi connectivity index (χ1v) is 10.0. The number of hydrogen-bond donors (Lipinski definition) is 2. The Kier molecular flexibility index (Phi) is 5.70. The van der Waals surface area contributed by atoms with Crippen LogP contribution in [0.1, 0.15) is 17.2 Å². The van der Waals surface area contributed by atoms with Gasteiger partial charge in [-0.3, -0.25) is 4.98 Å². The molecule has 29 heavy (non-hydrogen) atoms. The topological polar surface area (TPSA) is 58.0 Å². The van der Waals surface area contributed by atoms with E-state index in [9.17, 15) is 5.11 Å². The van der Waals surface area contributed by atoms with E-state index in [1.807, 2.05) is 30.3 Å². The van der Waals surface area contributed by atoms with Crippen LogP contribution >= 0.6 is 46.4 Å². The summed E-state index contributed by atoms with van der Waals surface area (Å²) in [5, 5.41) is 16.6. The Labute approximate surface area is 187 Å². The Bertz CT molecular complexity index is 1220. The highest BCUT2D eigenvalue weighted by Crippen LogP contribution is 2.38. The summed E-state index contributed by atoms with van der Waals surface area (Å²) in [6.45, 7) is 0. The molecule has 2 heterocycles. The molecule has 0 spiro atoms. The number of pyridine rings is 2. The molecule has 4 nitrogen and oxygen atoms in total. The molecular formula is C21H13Cl4N3O. The van der Waals surface area contributed by atoms with Crippen molar-refractivity contribution in [3.05, 3.63) is 92.1 Å². The van der Waals surface area contributed by atoms with Crippen LogP contribution in [-0.2, 0) is 0 Å². The number of hydrogen-bond acceptors (Lipinski definition) is 4. The highest BCUT2D eigenvalue weighted by atomic mass is 35.5. The van der Waals surface area contributed by atoms with Gasteiger partial charge < -0.3 is 10.4 Å². The van der Waals surface area contributed by atoms with Crippen LogP contribution in [0.3, 0.4) is 0 Å². The lowest BCUT2D eigenvalue weighted by Crippen LogP contribution is -2.14. The van der Waals surface area contributed by atoms with Crippen LogP contribution in [0.15, 0.2) is 60.9 Å². The van der Waals surface area contributed by atoms with Crippen LogP contribution < -0.4 is 5.32 Å². The summed E-state index contributed by atoms with van der Waals surface area (Å²) in [6, 6.07) is 13.8. The van der Waals surface area contributed by atoms with Crippen molar-refractivity contribution < 1.29 is 5.11 Å². The van der Waals surface area contributed by atoms with Gasteiger partial charge in [-0.15, -0.1) is 0 Å². The third kappa shape index (κ3) is 4.07. The Hall–Kier alpha value is -2.24. The molecule has 1 unspecified atom stereocenters. The highest BCUT2D eigenvalue weighted by molar-refractivity contribution is 6.42. The third-order valence-electron chi connectivity index (χ3n) is 4.47.